The Labute approximate surface area is 77.9 Å². The van der Waals surface area contributed by atoms with E-state index >= 15 is 0 Å². The Hall–Kier alpha value is -0.830. The van der Waals surface area contributed by atoms with Crippen LogP contribution in [0.3, 0.4) is 0 Å². The third kappa shape index (κ3) is 1.50. The minimum absolute atomic E-state index is 0.743. The predicted octanol–water partition coefficient (Wildman–Crippen LogP) is 2.30. The molecule has 0 aliphatic carbocycles. The molecule has 0 heterocycles. The van der Waals surface area contributed by atoms with E-state index in [2.05, 4.69) is 12.6 Å². The molecule has 0 radical (unpaired) electrons. The van der Waals surface area contributed by atoms with Gasteiger partial charge in [0, 0.05) is 10.5 Å². The highest BCUT2D eigenvalue weighted by Gasteiger charge is 2.08. The lowest BCUT2D eigenvalue weighted by Crippen LogP contribution is -1.93. The Morgan fingerprint density at radius 3 is 2.33 bits per heavy atom. The maximum atomic E-state index is 5.17. The van der Waals surface area contributed by atoms with E-state index in [0.717, 1.165) is 22.0 Å². The lowest BCUT2D eigenvalue weighted by molar-refractivity contribution is 0.352. The lowest BCUT2D eigenvalue weighted by Gasteiger charge is -2.11. The molecule has 0 saturated carbocycles. The van der Waals surface area contributed by atoms with Crippen molar-refractivity contribution < 1.29 is 9.47 Å². The third-order valence-electron chi connectivity index (χ3n) is 1.77. The Kier molecular flexibility index (Phi) is 2.87. The van der Waals surface area contributed by atoms with Crippen LogP contribution in [0.2, 0.25) is 0 Å². The van der Waals surface area contributed by atoms with Crippen LogP contribution in [0.25, 0.3) is 0 Å². The molecular weight excluding hydrogens is 172 g/mol. The number of hydrogen-bond acceptors (Lipinski definition) is 3. The molecule has 1 aromatic carbocycles. The highest BCUT2D eigenvalue weighted by molar-refractivity contribution is 7.80. The zero-order valence-corrected chi connectivity index (χ0v) is 8.31. The van der Waals surface area contributed by atoms with Crippen molar-refractivity contribution in [1.82, 2.24) is 0 Å². The summed E-state index contributed by atoms with van der Waals surface area (Å²) in [5.74, 6) is 1.50. The van der Waals surface area contributed by atoms with Crippen LogP contribution in [-0.4, -0.2) is 14.2 Å². The Morgan fingerprint density at radius 1 is 1.17 bits per heavy atom. The van der Waals surface area contributed by atoms with Crippen molar-refractivity contribution in [3.8, 4) is 11.5 Å². The standard InChI is InChI=1S/C9H12O2S/c1-6-8(12)5-4-7(10-2)9(6)11-3/h4-5,12H,1-3H3. The van der Waals surface area contributed by atoms with Gasteiger partial charge in [0.15, 0.2) is 11.5 Å². The largest absolute Gasteiger partial charge is 0.493 e. The summed E-state index contributed by atoms with van der Waals surface area (Å²) >= 11 is 4.27. The number of hydrogen-bond donors (Lipinski definition) is 1. The minimum atomic E-state index is 0.743. The van der Waals surface area contributed by atoms with Crippen LogP contribution in [0, 0.1) is 6.92 Å². The van der Waals surface area contributed by atoms with Gasteiger partial charge in [-0.15, -0.1) is 12.6 Å². The van der Waals surface area contributed by atoms with Crippen LogP contribution >= 0.6 is 12.6 Å². The first-order valence-corrected chi connectivity index (χ1v) is 4.06. The second-order valence-corrected chi connectivity index (χ2v) is 2.93. The topological polar surface area (TPSA) is 18.5 Å². The Balaban J connectivity index is 3.25. The first kappa shape index (κ1) is 9.26. The van der Waals surface area contributed by atoms with Crippen molar-refractivity contribution in [2.24, 2.45) is 0 Å². The maximum absolute atomic E-state index is 5.17. The number of thiol groups is 1. The highest BCUT2D eigenvalue weighted by atomic mass is 32.1. The quantitative estimate of drug-likeness (QED) is 0.711. The van der Waals surface area contributed by atoms with Crippen LogP contribution in [0.15, 0.2) is 17.0 Å². The molecular formula is C9H12O2S. The minimum Gasteiger partial charge on any atom is -0.493 e. The van der Waals surface area contributed by atoms with Crippen LogP contribution in [0.1, 0.15) is 5.56 Å². The molecule has 0 unspecified atom stereocenters. The first-order valence-electron chi connectivity index (χ1n) is 3.61. The maximum Gasteiger partial charge on any atom is 0.164 e. The van der Waals surface area contributed by atoms with E-state index in [0.29, 0.717) is 0 Å². The molecule has 0 spiro atoms. The summed E-state index contributed by atoms with van der Waals surface area (Å²) in [7, 11) is 3.24. The molecule has 66 valence electrons. The van der Waals surface area contributed by atoms with Gasteiger partial charge in [-0.05, 0) is 19.1 Å². The Bertz CT molecular complexity index is 284. The van der Waals surface area contributed by atoms with E-state index in [1.807, 2.05) is 19.1 Å². The second kappa shape index (κ2) is 3.72. The van der Waals surface area contributed by atoms with Crippen LogP contribution < -0.4 is 9.47 Å². The van der Waals surface area contributed by atoms with Gasteiger partial charge >= 0.3 is 0 Å². The second-order valence-electron chi connectivity index (χ2n) is 2.45. The highest BCUT2D eigenvalue weighted by Crippen LogP contribution is 2.33. The number of methoxy groups -OCH3 is 2. The summed E-state index contributed by atoms with van der Waals surface area (Å²) in [5, 5.41) is 0. The van der Waals surface area contributed by atoms with Gasteiger partial charge in [0.05, 0.1) is 14.2 Å². The number of benzene rings is 1. The lowest BCUT2D eigenvalue weighted by atomic mass is 10.2. The molecule has 0 aliphatic rings. The van der Waals surface area contributed by atoms with E-state index in [-0.39, 0.29) is 0 Å². The van der Waals surface area contributed by atoms with Crippen molar-refractivity contribution in [3.05, 3.63) is 17.7 Å². The van der Waals surface area contributed by atoms with Gasteiger partial charge in [-0.3, -0.25) is 0 Å². The molecule has 0 bridgehead atoms. The fourth-order valence-corrected chi connectivity index (χ4v) is 1.25. The molecule has 2 nitrogen and oxygen atoms in total. The average Bonchev–Trinajstić information content (AvgIpc) is 2.09. The van der Waals surface area contributed by atoms with E-state index in [9.17, 15) is 0 Å². The number of ether oxygens (including phenoxy) is 2. The summed E-state index contributed by atoms with van der Waals surface area (Å²) < 4.78 is 10.3. The predicted molar refractivity (Wildman–Crippen MR) is 51.5 cm³/mol. The SMILES string of the molecule is COc1ccc(S)c(C)c1OC. The smallest absolute Gasteiger partial charge is 0.164 e. The average molecular weight is 184 g/mol. The normalized spacial score (nSPS) is 9.67. The van der Waals surface area contributed by atoms with Crippen LogP contribution in [0.4, 0.5) is 0 Å². The summed E-state index contributed by atoms with van der Waals surface area (Å²) in [6.07, 6.45) is 0. The van der Waals surface area contributed by atoms with E-state index < -0.39 is 0 Å². The van der Waals surface area contributed by atoms with Crippen molar-refractivity contribution in [2.45, 2.75) is 11.8 Å². The third-order valence-corrected chi connectivity index (χ3v) is 2.25. The van der Waals surface area contributed by atoms with E-state index in [4.69, 9.17) is 9.47 Å². The molecule has 0 atom stereocenters. The fourth-order valence-electron chi connectivity index (χ4n) is 1.07. The van der Waals surface area contributed by atoms with Crippen molar-refractivity contribution >= 4 is 12.6 Å². The molecule has 0 N–H and O–H groups in total. The molecule has 0 aromatic heterocycles. The summed E-state index contributed by atoms with van der Waals surface area (Å²) in [6.45, 7) is 1.95. The van der Waals surface area contributed by atoms with Crippen LogP contribution in [-0.2, 0) is 0 Å². The van der Waals surface area contributed by atoms with Crippen LogP contribution in [0.5, 0.6) is 11.5 Å². The molecule has 12 heavy (non-hydrogen) atoms. The molecule has 0 fully saturated rings. The van der Waals surface area contributed by atoms with Gasteiger partial charge in [-0.1, -0.05) is 0 Å². The van der Waals surface area contributed by atoms with Gasteiger partial charge < -0.3 is 9.47 Å². The van der Waals surface area contributed by atoms with E-state index in [1.54, 1.807) is 14.2 Å². The summed E-state index contributed by atoms with van der Waals surface area (Å²) in [5.41, 5.74) is 1.00. The zero-order chi connectivity index (χ0) is 9.14. The zero-order valence-electron chi connectivity index (χ0n) is 7.42. The van der Waals surface area contributed by atoms with Gasteiger partial charge in [0.1, 0.15) is 0 Å². The van der Waals surface area contributed by atoms with Crippen molar-refractivity contribution in [3.63, 3.8) is 0 Å². The number of rotatable bonds is 2. The molecule has 0 aliphatic heterocycles. The fraction of sp³-hybridized carbons (Fsp3) is 0.333. The molecule has 1 rings (SSSR count). The van der Waals surface area contributed by atoms with Gasteiger partial charge in [0.2, 0.25) is 0 Å². The summed E-state index contributed by atoms with van der Waals surface area (Å²) in [4.78, 5) is 0.910. The molecule has 3 heteroatoms. The molecule has 0 amide bonds. The molecule has 0 saturated heterocycles. The van der Waals surface area contributed by atoms with Crippen molar-refractivity contribution in [2.75, 3.05) is 14.2 Å². The monoisotopic (exact) mass is 184 g/mol. The van der Waals surface area contributed by atoms with Gasteiger partial charge in [-0.25, -0.2) is 0 Å². The van der Waals surface area contributed by atoms with Crippen molar-refractivity contribution in [1.29, 1.82) is 0 Å². The first-order chi connectivity index (χ1) is 5.70. The van der Waals surface area contributed by atoms with Gasteiger partial charge in [0.25, 0.3) is 0 Å². The molecule has 1 aromatic rings. The summed E-state index contributed by atoms with van der Waals surface area (Å²) in [6, 6.07) is 3.73. The van der Waals surface area contributed by atoms with Gasteiger partial charge in [-0.2, -0.15) is 0 Å². The van der Waals surface area contributed by atoms with E-state index in [1.165, 1.54) is 0 Å². The Morgan fingerprint density at radius 2 is 1.83 bits per heavy atom.